The average Bonchev–Trinajstić information content (AvgIpc) is 3.10. The molecule has 3 unspecified atom stereocenters. The molecule has 2 aromatic heterocycles. The molecule has 2 fully saturated rings. The van der Waals surface area contributed by atoms with Gasteiger partial charge in [-0.1, -0.05) is 12.8 Å². The monoisotopic (exact) mass is 301 g/mol. The van der Waals surface area contributed by atoms with E-state index in [0.717, 1.165) is 17.4 Å². The highest BCUT2D eigenvalue weighted by Gasteiger charge is 2.41. The second-order valence-electron chi connectivity index (χ2n) is 6.61. The molecule has 0 bridgehead atoms. The highest BCUT2D eigenvalue weighted by molar-refractivity contribution is 5.50. The molecule has 0 spiro atoms. The Morgan fingerprint density at radius 1 is 1.32 bits per heavy atom. The van der Waals surface area contributed by atoms with E-state index >= 15 is 0 Å². The van der Waals surface area contributed by atoms with E-state index in [1.54, 1.807) is 13.4 Å². The van der Waals surface area contributed by atoms with Crippen LogP contribution in [-0.2, 0) is 11.3 Å². The molecular formula is C16H23N5O. The van der Waals surface area contributed by atoms with Gasteiger partial charge in [0.1, 0.15) is 12.1 Å². The Hall–Kier alpha value is -1.69. The minimum absolute atomic E-state index is 0.507. The molecule has 118 valence electrons. The van der Waals surface area contributed by atoms with Gasteiger partial charge >= 0.3 is 0 Å². The van der Waals surface area contributed by atoms with Gasteiger partial charge in [0.05, 0.1) is 12.3 Å². The molecule has 3 heterocycles. The zero-order valence-corrected chi connectivity index (χ0v) is 13.3. The lowest BCUT2D eigenvalue weighted by molar-refractivity contribution is 0.181. The van der Waals surface area contributed by atoms with E-state index in [4.69, 9.17) is 4.74 Å². The SMILES string of the molecule is COCc1cc(N2C(C)CC3CCCCC32)n2ncnc2n1. The quantitative estimate of drug-likeness (QED) is 0.871. The highest BCUT2D eigenvalue weighted by atomic mass is 16.5. The van der Waals surface area contributed by atoms with Crippen LogP contribution in [-0.4, -0.2) is 38.8 Å². The standard InChI is InChI=1S/C16H23N5O/c1-11-7-12-5-3-4-6-14(12)20(11)15-8-13(9-22-2)19-16-17-10-18-21(15)16/h8,10-12,14H,3-7,9H2,1-2H3. The van der Waals surface area contributed by atoms with Gasteiger partial charge in [-0.15, -0.1) is 0 Å². The number of anilines is 1. The van der Waals surface area contributed by atoms with Crippen molar-refractivity contribution in [3.05, 3.63) is 18.1 Å². The first-order chi connectivity index (χ1) is 10.8. The fraction of sp³-hybridized carbons (Fsp3) is 0.688. The summed E-state index contributed by atoms with van der Waals surface area (Å²) in [5.74, 6) is 2.61. The van der Waals surface area contributed by atoms with Gasteiger partial charge in [0.25, 0.3) is 5.78 Å². The summed E-state index contributed by atoms with van der Waals surface area (Å²) in [5, 5.41) is 4.40. The molecule has 2 aliphatic rings. The fourth-order valence-electron chi connectivity index (χ4n) is 4.35. The van der Waals surface area contributed by atoms with E-state index in [2.05, 4.69) is 33.0 Å². The molecule has 0 amide bonds. The van der Waals surface area contributed by atoms with Crippen LogP contribution in [0.25, 0.3) is 5.78 Å². The topological polar surface area (TPSA) is 55.6 Å². The van der Waals surface area contributed by atoms with Crippen LogP contribution < -0.4 is 4.90 Å². The van der Waals surface area contributed by atoms with Gasteiger partial charge in [0.2, 0.25) is 0 Å². The number of hydrogen-bond donors (Lipinski definition) is 0. The lowest BCUT2D eigenvalue weighted by Crippen LogP contribution is -2.39. The Morgan fingerprint density at radius 2 is 2.18 bits per heavy atom. The highest BCUT2D eigenvalue weighted by Crippen LogP contribution is 2.42. The van der Waals surface area contributed by atoms with Crippen molar-refractivity contribution in [1.82, 2.24) is 19.6 Å². The number of ether oxygens (including phenoxy) is 1. The van der Waals surface area contributed by atoms with Crippen molar-refractivity contribution in [3.63, 3.8) is 0 Å². The van der Waals surface area contributed by atoms with Crippen LogP contribution in [0.4, 0.5) is 5.82 Å². The van der Waals surface area contributed by atoms with Crippen molar-refractivity contribution in [2.24, 2.45) is 5.92 Å². The third-order valence-electron chi connectivity index (χ3n) is 5.19. The maximum absolute atomic E-state index is 5.27. The molecule has 1 aliphatic carbocycles. The molecule has 3 atom stereocenters. The Labute approximate surface area is 130 Å². The Bertz CT molecular complexity index is 670. The molecule has 1 saturated carbocycles. The zero-order valence-electron chi connectivity index (χ0n) is 13.3. The summed E-state index contributed by atoms with van der Waals surface area (Å²) in [4.78, 5) is 11.4. The third kappa shape index (κ3) is 2.17. The lowest BCUT2D eigenvalue weighted by atomic mass is 9.85. The summed E-state index contributed by atoms with van der Waals surface area (Å²) in [6, 6.07) is 3.30. The lowest BCUT2D eigenvalue weighted by Gasteiger charge is -2.34. The number of rotatable bonds is 3. The molecule has 22 heavy (non-hydrogen) atoms. The molecule has 1 saturated heterocycles. The molecule has 6 heteroatoms. The number of nitrogens with zero attached hydrogens (tertiary/aromatic N) is 5. The van der Waals surface area contributed by atoms with Crippen molar-refractivity contribution in [2.45, 2.75) is 57.7 Å². The zero-order chi connectivity index (χ0) is 15.1. The van der Waals surface area contributed by atoms with Crippen molar-refractivity contribution < 1.29 is 4.74 Å². The summed E-state index contributed by atoms with van der Waals surface area (Å²) in [5.41, 5.74) is 0.921. The Morgan fingerprint density at radius 3 is 3.05 bits per heavy atom. The largest absolute Gasteiger partial charge is 0.378 e. The average molecular weight is 301 g/mol. The van der Waals surface area contributed by atoms with E-state index in [9.17, 15) is 0 Å². The van der Waals surface area contributed by atoms with Gasteiger partial charge in [-0.2, -0.15) is 14.6 Å². The summed E-state index contributed by atoms with van der Waals surface area (Å²) in [6.45, 7) is 2.84. The van der Waals surface area contributed by atoms with Gasteiger partial charge in [-0.3, -0.25) is 0 Å². The smallest absolute Gasteiger partial charge is 0.254 e. The first kappa shape index (κ1) is 13.9. The van der Waals surface area contributed by atoms with E-state index in [0.29, 0.717) is 24.5 Å². The predicted molar refractivity (Wildman–Crippen MR) is 83.8 cm³/mol. The molecule has 6 nitrogen and oxygen atoms in total. The van der Waals surface area contributed by atoms with Crippen molar-refractivity contribution in [3.8, 4) is 0 Å². The van der Waals surface area contributed by atoms with Gasteiger partial charge in [-0.05, 0) is 32.1 Å². The molecule has 1 aliphatic heterocycles. The fourth-order valence-corrected chi connectivity index (χ4v) is 4.35. The summed E-state index contributed by atoms with van der Waals surface area (Å²) < 4.78 is 7.15. The van der Waals surface area contributed by atoms with Gasteiger partial charge in [0, 0.05) is 25.3 Å². The van der Waals surface area contributed by atoms with Crippen LogP contribution in [0.5, 0.6) is 0 Å². The summed E-state index contributed by atoms with van der Waals surface area (Å²) in [6.07, 6.45) is 8.23. The number of fused-ring (bicyclic) bond motifs is 2. The van der Waals surface area contributed by atoms with E-state index in [1.807, 2.05) is 4.52 Å². The van der Waals surface area contributed by atoms with Gasteiger partial charge in [0.15, 0.2) is 0 Å². The molecular weight excluding hydrogens is 278 g/mol. The summed E-state index contributed by atoms with van der Waals surface area (Å²) in [7, 11) is 1.70. The second-order valence-corrected chi connectivity index (χ2v) is 6.61. The van der Waals surface area contributed by atoms with Crippen LogP contribution in [0.1, 0.15) is 44.7 Å². The molecule has 4 rings (SSSR count). The van der Waals surface area contributed by atoms with Crippen LogP contribution in [0.3, 0.4) is 0 Å². The van der Waals surface area contributed by atoms with Gasteiger partial charge in [-0.25, -0.2) is 4.98 Å². The molecule has 0 aromatic carbocycles. The molecule has 0 radical (unpaired) electrons. The van der Waals surface area contributed by atoms with Crippen LogP contribution in [0.2, 0.25) is 0 Å². The third-order valence-corrected chi connectivity index (χ3v) is 5.19. The maximum Gasteiger partial charge on any atom is 0.254 e. The number of hydrogen-bond acceptors (Lipinski definition) is 5. The van der Waals surface area contributed by atoms with Gasteiger partial charge < -0.3 is 9.64 Å². The minimum atomic E-state index is 0.507. The first-order valence-corrected chi connectivity index (χ1v) is 8.25. The number of methoxy groups -OCH3 is 1. The van der Waals surface area contributed by atoms with E-state index < -0.39 is 0 Å². The summed E-state index contributed by atoms with van der Waals surface area (Å²) >= 11 is 0. The molecule has 0 N–H and O–H groups in total. The van der Waals surface area contributed by atoms with Crippen molar-refractivity contribution in [1.29, 1.82) is 0 Å². The maximum atomic E-state index is 5.27. The van der Waals surface area contributed by atoms with Crippen LogP contribution >= 0.6 is 0 Å². The van der Waals surface area contributed by atoms with Crippen LogP contribution in [0, 0.1) is 5.92 Å². The van der Waals surface area contributed by atoms with E-state index in [-0.39, 0.29) is 0 Å². The van der Waals surface area contributed by atoms with Crippen LogP contribution in [0.15, 0.2) is 12.4 Å². The van der Waals surface area contributed by atoms with Crippen molar-refractivity contribution >= 4 is 11.6 Å². The van der Waals surface area contributed by atoms with E-state index in [1.165, 1.54) is 32.1 Å². The predicted octanol–water partition coefficient (Wildman–Crippen LogP) is 2.43. The Kier molecular flexibility index (Phi) is 3.48. The minimum Gasteiger partial charge on any atom is -0.378 e. The van der Waals surface area contributed by atoms with Crippen molar-refractivity contribution in [2.75, 3.05) is 12.0 Å². The molecule has 2 aromatic rings. The normalized spacial score (nSPS) is 28.3. The second kappa shape index (κ2) is 5.50. The first-order valence-electron chi connectivity index (χ1n) is 8.25. The number of aromatic nitrogens is 4. The Balaban J connectivity index is 1.80.